The molecule has 1 aliphatic heterocycles. The Morgan fingerprint density at radius 3 is 2.73 bits per heavy atom. The lowest BCUT2D eigenvalue weighted by atomic mass is 9.99. The van der Waals surface area contributed by atoms with Crippen LogP contribution < -0.4 is 4.90 Å². The highest BCUT2D eigenvalue weighted by Crippen LogP contribution is 2.34. The Morgan fingerprint density at radius 1 is 1.23 bits per heavy atom. The largest absolute Gasteiger partial charge is 0.378 e. The average Bonchev–Trinajstić information content (AvgIpc) is 3.05. The fourth-order valence-electron chi connectivity index (χ4n) is 3.92. The first-order chi connectivity index (χ1) is 12.8. The number of imidazole rings is 1. The van der Waals surface area contributed by atoms with Gasteiger partial charge in [0.15, 0.2) is 5.65 Å². The summed E-state index contributed by atoms with van der Waals surface area (Å²) in [7, 11) is 0. The lowest BCUT2D eigenvalue weighted by Gasteiger charge is -2.32. The van der Waals surface area contributed by atoms with Gasteiger partial charge in [-0.1, -0.05) is 25.5 Å². The number of aromatic nitrogens is 2. The molecule has 26 heavy (non-hydrogen) atoms. The third-order valence-corrected chi connectivity index (χ3v) is 5.30. The first-order valence-electron chi connectivity index (χ1n) is 9.41. The molecule has 4 rings (SSSR count). The van der Waals surface area contributed by atoms with Gasteiger partial charge in [0.2, 0.25) is 0 Å². The molecule has 1 aliphatic rings. The molecule has 2 aromatic heterocycles. The second kappa shape index (κ2) is 6.97. The smallest absolute Gasteiger partial charge is 0.157 e. The van der Waals surface area contributed by atoms with Crippen molar-refractivity contribution in [3.8, 4) is 6.07 Å². The number of nitrogens with zero attached hydrogens (tertiary/aromatic N) is 4. The summed E-state index contributed by atoms with van der Waals surface area (Å²) in [6.07, 6.45) is 3.22. The standard InChI is InChI=1S/C21H24N4O/c1-3-4-7-16-15(2)17(14-22)20-23-18-8-5-6-9-19(18)25(20)21(16)24-10-12-26-13-11-24/h5-6,8-9H,3-4,7,10-13H2,1-2H3. The zero-order valence-electron chi connectivity index (χ0n) is 15.5. The first kappa shape index (κ1) is 16.9. The second-order valence-corrected chi connectivity index (χ2v) is 6.88. The van der Waals surface area contributed by atoms with Crippen LogP contribution in [0.1, 0.15) is 36.5 Å². The van der Waals surface area contributed by atoms with E-state index in [1.165, 1.54) is 11.4 Å². The van der Waals surface area contributed by atoms with E-state index in [0.29, 0.717) is 5.56 Å². The highest BCUT2D eigenvalue weighted by atomic mass is 16.5. The first-order valence-corrected chi connectivity index (χ1v) is 9.41. The fraction of sp³-hybridized carbons (Fsp3) is 0.429. The second-order valence-electron chi connectivity index (χ2n) is 6.88. The zero-order chi connectivity index (χ0) is 18.1. The van der Waals surface area contributed by atoms with Crippen LogP contribution in [0.25, 0.3) is 16.7 Å². The molecule has 0 radical (unpaired) electrons. The maximum atomic E-state index is 9.86. The van der Waals surface area contributed by atoms with Crippen molar-refractivity contribution >= 4 is 22.5 Å². The minimum absolute atomic E-state index is 0.698. The van der Waals surface area contributed by atoms with E-state index in [1.807, 2.05) is 18.2 Å². The van der Waals surface area contributed by atoms with E-state index in [0.717, 1.165) is 67.8 Å². The van der Waals surface area contributed by atoms with Crippen LogP contribution in [0.2, 0.25) is 0 Å². The number of rotatable bonds is 4. The van der Waals surface area contributed by atoms with E-state index < -0.39 is 0 Å². The lowest BCUT2D eigenvalue weighted by Crippen LogP contribution is -2.38. The van der Waals surface area contributed by atoms with Crippen LogP contribution >= 0.6 is 0 Å². The molecule has 0 bridgehead atoms. The van der Waals surface area contributed by atoms with E-state index >= 15 is 0 Å². The highest BCUT2D eigenvalue weighted by molar-refractivity contribution is 5.86. The molecule has 5 nitrogen and oxygen atoms in total. The number of anilines is 1. The summed E-state index contributed by atoms with van der Waals surface area (Å²) < 4.78 is 7.79. The SMILES string of the molecule is CCCCc1c(C)c(C#N)c2nc3ccccc3n2c1N1CCOCC1. The number of ether oxygens (including phenoxy) is 1. The predicted octanol–water partition coefficient (Wildman–Crippen LogP) is 3.85. The van der Waals surface area contributed by atoms with Gasteiger partial charge in [-0.2, -0.15) is 5.26 Å². The van der Waals surface area contributed by atoms with Crippen molar-refractivity contribution in [2.24, 2.45) is 0 Å². The van der Waals surface area contributed by atoms with Gasteiger partial charge in [-0.25, -0.2) is 4.98 Å². The number of morpholine rings is 1. The maximum Gasteiger partial charge on any atom is 0.157 e. The summed E-state index contributed by atoms with van der Waals surface area (Å²) in [5.41, 5.74) is 5.83. The molecule has 0 saturated carbocycles. The summed E-state index contributed by atoms with van der Waals surface area (Å²) in [6, 6.07) is 10.6. The van der Waals surface area contributed by atoms with Gasteiger partial charge >= 0.3 is 0 Å². The van der Waals surface area contributed by atoms with E-state index in [1.54, 1.807) is 0 Å². The Bertz CT molecular complexity index is 993. The molecule has 3 aromatic rings. The number of nitriles is 1. The van der Waals surface area contributed by atoms with Gasteiger partial charge in [-0.05, 0) is 43.0 Å². The molecule has 0 atom stereocenters. The Morgan fingerprint density at radius 2 is 2.00 bits per heavy atom. The van der Waals surface area contributed by atoms with Gasteiger partial charge in [0.1, 0.15) is 11.9 Å². The number of unbranched alkanes of at least 4 members (excludes halogenated alkanes) is 1. The number of pyridine rings is 1. The topological polar surface area (TPSA) is 53.6 Å². The third-order valence-electron chi connectivity index (χ3n) is 5.30. The number of para-hydroxylation sites is 2. The average molecular weight is 348 g/mol. The molecule has 1 aromatic carbocycles. The predicted molar refractivity (Wildman–Crippen MR) is 104 cm³/mol. The van der Waals surface area contributed by atoms with Crippen molar-refractivity contribution in [2.75, 3.05) is 31.2 Å². The van der Waals surface area contributed by atoms with Gasteiger partial charge in [0.05, 0.1) is 29.8 Å². The molecule has 0 N–H and O–H groups in total. The van der Waals surface area contributed by atoms with Crippen molar-refractivity contribution in [1.29, 1.82) is 5.26 Å². The van der Waals surface area contributed by atoms with Crippen LogP contribution in [0, 0.1) is 18.3 Å². The normalized spacial score (nSPS) is 14.9. The summed E-state index contributed by atoms with van der Waals surface area (Å²) in [6.45, 7) is 7.49. The third kappa shape index (κ3) is 2.62. The van der Waals surface area contributed by atoms with Crippen LogP contribution in [-0.4, -0.2) is 35.7 Å². The van der Waals surface area contributed by atoms with Gasteiger partial charge < -0.3 is 9.64 Å². The minimum Gasteiger partial charge on any atom is -0.378 e. The molecule has 3 heterocycles. The van der Waals surface area contributed by atoms with Crippen LogP contribution in [0.3, 0.4) is 0 Å². The number of hydrogen-bond acceptors (Lipinski definition) is 4. The Balaban J connectivity index is 2.10. The summed E-state index contributed by atoms with van der Waals surface area (Å²) in [5.74, 6) is 1.20. The summed E-state index contributed by atoms with van der Waals surface area (Å²) >= 11 is 0. The molecule has 134 valence electrons. The van der Waals surface area contributed by atoms with Crippen molar-refractivity contribution in [2.45, 2.75) is 33.1 Å². The molecule has 1 fully saturated rings. The van der Waals surface area contributed by atoms with Crippen LogP contribution in [0.15, 0.2) is 24.3 Å². The number of hydrogen-bond donors (Lipinski definition) is 0. The van der Waals surface area contributed by atoms with E-state index in [9.17, 15) is 5.26 Å². The van der Waals surface area contributed by atoms with Crippen molar-refractivity contribution in [3.63, 3.8) is 0 Å². The van der Waals surface area contributed by atoms with Crippen LogP contribution in [0.4, 0.5) is 5.82 Å². The van der Waals surface area contributed by atoms with Gasteiger partial charge in [0.25, 0.3) is 0 Å². The molecule has 0 aliphatic carbocycles. The monoisotopic (exact) mass is 348 g/mol. The van der Waals surface area contributed by atoms with E-state index in [2.05, 4.69) is 35.3 Å². The van der Waals surface area contributed by atoms with E-state index in [-0.39, 0.29) is 0 Å². The molecule has 5 heteroatoms. The van der Waals surface area contributed by atoms with Crippen molar-refractivity contribution in [3.05, 3.63) is 41.0 Å². The van der Waals surface area contributed by atoms with Gasteiger partial charge in [0, 0.05) is 13.1 Å². The van der Waals surface area contributed by atoms with Crippen molar-refractivity contribution < 1.29 is 4.74 Å². The summed E-state index contributed by atoms with van der Waals surface area (Å²) in [5, 5.41) is 9.86. The van der Waals surface area contributed by atoms with Gasteiger partial charge in [-0.15, -0.1) is 0 Å². The highest BCUT2D eigenvalue weighted by Gasteiger charge is 2.25. The molecular formula is C21H24N4O. The molecule has 0 spiro atoms. The number of fused-ring (bicyclic) bond motifs is 3. The fourth-order valence-corrected chi connectivity index (χ4v) is 3.92. The molecule has 0 amide bonds. The number of benzene rings is 1. The van der Waals surface area contributed by atoms with Gasteiger partial charge in [-0.3, -0.25) is 4.40 Å². The van der Waals surface area contributed by atoms with Crippen LogP contribution in [-0.2, 0) is 11.2 Å². The Hall–Kier alpha value is -2.58. The van der Waals surface area contributed by atoms with Crippen molar-refractivity contribution in [1.82, 2.24) is 9.38 Å². The summed E-state index contributed by atoms with van der Waals surface area (Å²) in [4.78, 5) is 7.21. The zero-order valence-corrected chi connectivity index (χ0v) is 15.5. The lowest BCUT2D eigenvalue weighted by molar-refractivity contribution is 0.122. The molecule has 1 saturated heterocycles. The molecule has 0 unspecified atom stereocenters. The quantitative estimate of drug-likeness (QED) is 0.719. The van der Waals surface area contributed by atoms with E-state index in [4.69, 9.17) is 9.72 Å². The maximum absolute atomic E-state index is 9.86. The minimum atomic E-state index is 0.698. The molecular weight excluding hydrogens is 324 g/mol. The Kier molecular flexibility index (Phi) is 4.52. The Labute approximate surface area is 153 Å². The van der Waals surface area contributed by atoms with Crippen LogP contribution in [0.5, 0.6) is 0 Å².